The van der Waals surface area contributed by atoms with Crippen molar-refractivity contribution in [1.29, 1.82) is 0 Å². The Bertz CT molecular complexity index is 950. The van der Waals surface area contributed by atoms with Gasteiger partial charge in [-0.2, -0.15) is 0 Å². The Labute approximate surface area is 183 Å². The number of hydrogen-bond donors (Lipinski definition) is 0. The van der Waals surface area contributed by atoms with Gasteiger partial charge in [0.25, 0.3) is 0 Å². The maximum Gasteiger partial charge on any atom is 0.363 e. The van der Waals surface area contributed by atoms with E-state index in [4.69, 9.17) is 32.7 Å². The summed E-state index contributed by atoms with van der Waals surface area (Å²) in [6.07, 6.45) is 2.55. The molecule has 0 radical (unpaired) electrons. The van der Waals surface area contributed by atoms with E-state index in [1.165, 1.54) is 0 Å². The Morgan fingerprint density at radius 1 is 1.15 bits per heavy atom. The highest BCUT2D eigenvalue weighted by Gasteiger charge is 2.24. The number of halogens is 4. The molecule has 1 aliphatic heterocycles. The maximum atomic E-state index is 12.2. The third-order valence-electron chi connectivity index (χ3n) is 3.56. The average molecular weight is 534 g/mol. The van der Waals surface area contributed by atoms with Gasteiger partial charge in [0.05, 0.1) is 25.6 Å². The summed E-state index contributed by atoms with van der Waals surface area (Å²) in [5.41, 5.74) is 1.53. The minimum Gasteiger partial charge on any atom is -0.491 e. The summed E-state index contributed by atoms with van der Waals surface area (Å²) < 4.78 is 12.5. The summed E-state index contributed by atoms with van der Waals surface area (Å²) in [7, 11) is 0. The Balaban J connectivity index is 1.91. The van der Waals surface area contributed by atoms with E-state index in [0.717, 1.165) is 20.9 Å². The summed E-state index contributed by atoms with van der Waals surface area (Å²) in [6.45, 7) is 2.65. The summed E-state index contributed by atoms with van der Waals surface area (Å²) in [5.74, 6) is 0.369. The van der Waals surface area contributed by atoms with Crippen LogP contribution in [0.15, 0.2) is 50.0 Å². The predicted octanol–water partition coefficient (Wildman–Crippen LogP) is 6.65. The predicted molar refractivity (Wildman–Crippen MR) is 115 cm³/mol. The highest BCUT2D eigenvalue weighted by atomic mass is 79.9. The lowest BCUT2D eigenvalue weighted by Gasteiger charge is -2.10. The van der Waals surface area contributed by atoms with Crippen LogP contribution >= 0.6 is 55.1 Å². The van der Waals surface area contributed by atoms with Crippen molar-refractivity contribution in [3.63, 3.8) is 0 Å². The van der Waals surface area contributed by atoms with Crippen LogP contribution in [0.2, 0.25) is 10.0 Å². The molecule has 0 N–H and O–H groups in total. The zero-order valence-corrected chi connectivity index (χ0v) is 18.7. The first kappa shape index (κ1) is 20.4. The van der Waals surface area contributed by atoms with Gasteiger partial charge >= 0.3 is 5.97 Å². The molecule has 0 bridgehead atoms. The van der Waals surface area contributed by atoms with E-state index in [1.807, 2.05) is 19.1 Å². The molecule has 2 aromatic carbocycles. The molecule has 4 nitrogen and oxygen atoms in total. The molecule has 0 spiro atoms. The van der Waals surface area contributed by atoms with Crippen LogP contribution in [-0.4, -0.2) is 18.5 Å². The van der Waals surface area contributed by atoms with E-state index < -0.39 is 5.97 Å². The molecule has 1 aliphatic rings. The molecule has 0 fully saturated rings. The van der Waals surface area contributed by atoms with Crippen molar-refractivity contribution in [3.8, 4) is 5.75 Å². The third-order valence-corrected chi connectivity index (χ3v) is 5.48. The van der Waals surface area contributed by atoms with Gasteiger partial charge in [0.1, 0.15) is 5.75 Å². The number of esters is 1. The van der Waals surface area contributed by atoms with Crippen molar-refractivity contribution in [3.05, 3.63) is 66.1 Å². The SMILES string of the molecule is CCCOc1c(Br)cc(/C=C2\N=C(c3ccc(Cl)c(Cl)c3)OC2=O)cc1Br. The maximum absolute atomic E-state index is 12.2. The van der Waals surface area contributed by atoms with Gasteiger partial charge in [-0.3, -0.25) is 0 Å². The number of hydrogen-bond acceptors (Lipinski definition) is 4. The topological polar surface area (TPSA) is 47.9 Å². The van der Waals surface area contributed by atoms with Crippen molar-refractivity contribution < 1.29 is 14.3 Å². The van der Waals surface area contributed by atoms with Gasteiger partial charge in [-0.25, -0.2) is 9.79 Å². The van der Waals surface area contributed by atoms with Crippen molar-refractivity contribution in [1.82, 2.24) is 0 Å². The number of benzene rings is 2. The molecule has 2 aromatic rings. The van der Waals surface area contributed by atoms with Crippen LogP contribution in [0, 0.1) is 0 Å². The van der Waals surface area contributed by atoms with Crippen molar-refractivity contribution >= 4 is 73.0 Å². The van der Waals surface area contributed by atoms with Crippen LogP contribution in [0.25, 0.3) is 6.08 Å². The second kappa shape index (κ2) is 8.78. The zero-order valence-electron chi connectivity index (χ0n) is 14.1. The van der Waals surface area contributed by atoms with Crippen LogP contribution in [0.5, 0.6) is 5.75 Å². The second-order valence-corrected chi connectivity index (χ2v) is 8.15. The van der Waals surface area contributed by atoms with Gasteiger partial charge in [0.15, 0.2) is 5.70 Å². The fourth-order valence-corrected chi connectivity index (χ4v) is 4.07. The summed E-state index contributed by atoms with van der Waals surface area (Å²) in [5, 5.41) is 0.780. The van der Waals surface area contributed by atoms with Gasteiger partial charge in [0, 0.05) is 5.56 Å². The lowest BCUT2D eigenvalue weighted by molar-refractivity contribution is -0.129. The molecule has 0 aliphatic carbocycles. The number of ether oxygens (including phenoxy) is 2. The highest BCUT2D eigenvalue weighted by molar-refractivity contribution is 9.11. The number of rotatable bonds is 5. The monoisotopic (exact) mass is 531 g/mol. The highest BCUT2D eigenvalue weighted by Crippen LogP contribution is 2.36. The molecule has 27 heavy (non-hydrogen) atoms. The normalized spacial score (nSPS) is 15.1. The van der Waals surface area contributed by atoms with E-state index >= 15 is 0 Å². The lowest BCUT2D eigenvalue weighted by atomic mass is 10.2. The summed E-state index contributed by atoms with van der Waals surface area (Å²) in [6, 6.07) is 8.62. The van der Waals surface area contributed by atoms with Crippen LogP contribution in [0.4, 0.5) is 0 Å². The lowest BCUT2D eigenvalue weighted by Crippen LogP contribution is -2.05. The van der Waals surface area contributed by atoms with E-state index in [0.29, 0.717) is 28.0 Å². The first-order chi connectivity index (χ1) is 12.9. The molecule has 0 saturated heterocycles. The first-order valence-corrected chi connectivity index (χ1v) is 10.3. The third kappa shape index (κ3) is 4.74. The Hall–Kier alpha value is -1.34. The molecule has 1 heterocycles. The molecule has 0 aromatic heterocycles. The molecule has 0 atom stereocenters. The molecular weight excluding hydrogens is 521 g/mol. The molecule has 140 valence electrons. The molecule has 3 rings (SSSR count). The number of nitrogens with zero attached hydrogens (tertiary/aromatic N) is 1. The number of carbonyl (C=O) groups is 1. The Morgan fingerprint density at radius 3 is 2.48 bits per heavy atom. The van der Waals surface area contributed by atoms with Gasteiger partial charge < -0.3 is 9.47 Å². The minimum atomic E-state index is -0.533. The van der Waals surface area contributed by atoms with Gasteiger partial charge in [-0.15, -0.1) is 0 Å². The largest absolute Gasteiger partial charge is 0.491 e. The fraction of sp³-hybridized carbons (Fsp3) is 0.158. The van der Waals surface area contributed by atoms with Crippen molar-refractivity contribution in [2.45, 2.75) is 13.3 Å². The van der Waals surface area contributed by atoms with Gasteiger partial charge in [-0.05, 0) is 80.3 Å². The van der Waals surface area contributed by atoms with E-state index in [1.54, 1.807) is 24.3 Å². The number of aliphatic imine (C=N–C) groups is 1. The van der Waals surface area contributed by atoms with Crippen LogP contribution in [-0.2, 0) is 9.53 Å². The van der Waals surface area contributed by atoms with Crippen LogP contribution in [0.1, 0.15) is 24.5 Å². The second-order valence-electron chi connectivity index (χ2n) is 5.63. The standard InChI is InChI=1S/C19H13Br2Cl2NO3/c1-2-5-26-17-12(20)6-10(7-13(17)21)8-16-19(25)27-18(24-16)11-3-4-14(22)15(23)9-11/h3-4,6-9H,2,5H2,1H3/b16-8-. The van der Waals surface area contributed by atoms with E-state index in [2.05, 4.69) is 36.9 Å². The van der Waals surface area contributed by atoms with Gasteiger partial charge in [0.2, 0.25) is 5.90 Å². The fourth-order valence-electron chi connectivity index (χ4n) is 2.32. The number of cyclic esters (lactones) is 1. The zero-order chi connectivity index (χ0) is 19.6. The van der Waals surface area contributed by atoms with E-state index in [9.17, 15) is 4.79 Å². The first-order valence-electron chi connectivity index (χ1n) is 7.99. The molecular formula is C19H13Br2Cl2NO3. The smallest absolute Gasteiger partial charge is 0.363 e. The van der Waals surface area contributed by atoms with Gasteiger partial charge in [-0.1, -0.05) is 30.1 Å². The molecule has 0 unspecified atom stereocenters. The Morgan fingerprint density at radius 2 is 1.85 bits per heavy atom. The van der Waals surface area contributed by atoms with Crippen molar-refractivity contribution in [2.75, 3.05) is 6.61 Å². The summed E-state index contributed by atoms with van der Waals surface area (Å²) in [4.78, 5) is 16.5. The van der Waals surface area contributed by atoms with E-state index in [-0.39, 0.29) is 11.6 Å². The average Bonchev–Trinajstić information content (AvgIpc) is 2.97. The molecule has 0 amide bonds. The number of carbonyl (C=O) groups excluding carboxylic acids is 1. The van der Waals surface area contributed by atoms with Crippen LogP contribution < -0.4 is 4.74 Å². The van der Waals surface area contributed by atoms with Crippen molar-refractivity contribution in [2.24, 2.45) is 4.99 Å². The molecule has 8 heteroatoms. The molecule has 0 saturated carbocycles. The van der Waals surface area contributed by atoms with Crippen LogP contribution in [0.3, 0.4) is 0 Å². The Kier molecular flexibility index (Phi) is 6.63. The summed E-state index contributed by atoms with van der Waals surface area (Å²) >= 11 is 18.9. The minimum absolute atomic E-state index is 0.186. The quantitative estimate of drug-likeness (QED) is 0.319.